The summed E-state index contributed by atoms with van der Waals surface area (Å²) in [4.78, 5) is 0. The predicted octanol–water partition coefficient (Wildman–Crippen LogP) is 3.01. The molecule has 1 nitrogen and oxygen atoms in total. The largest absolute Gasteiger partial charge is 0.324 e. The molecule has 14 heavy (non-hydrogen) atoms. The molecular formula is C11H15F2N. The Labute approximate surface area is 82.9 Å². The van der Waals surface area contributed by atoms with Crippen LogP contribution in [0.25, 0.3) is 0 Å². The number of rotatable bonds is 1. The van der Waals surface area contributed by atoms with Gasteiger partial charge < -0.3 is 5.73 Å². The minimum atomic E-state index is -0.845. The van der Waals surface area contributed by atoms with E-state index in [1.165, 1.54) is 6.07 Å². The second-order valence-electron chi connectivity index (χ2n) is 4.52. The van der Waals surface area contributed by atoms with E-state index >= 15 is 0 Å². The lowest BCUT2D eigenvalue weighted by molar-refractivity contribution is 0.325. The molecule has 0 saturated carbocycles. The van der Waals surface area contributed by atoms with Crippen molar-refractivity contribution in [2.45, 2.75) is 26.8 Å². The Morgan fingerprint density at radius 2 is 1.71 bits per heavy atom. The normalized spacial score (nSPS) is 14.1. The first-order valence-electron chi connectivity index (χ1n) is 4.53. The molecule has 1 atom stereocenters. The maximum atomic E-state index is 12.9. The lowest BCUT2D eigenvalue weighted by Gasteiger charge is -2.27. The first-order valence-corrected chi connectivity index (χ1v) is 4.53. The fourth-order valence-corrected chi connectivity index (χ4v) is 1.21. The van der Waals surface area contributed by atoms with Crippen LogP contribution in [0.1, 0.15) is 32.4 Å². The Bertz CT molecular complexity index is 329. The second-order valence-corrected chi connectivity index (χ2v) is 4.52. The summed E-state index contributed by atoms with van der Waals surface area (Å²) in [5, 5.41) is 0. The first kappa shape index (κ1) is 11.1. The van der Waals surface area contributed by atoms with E-state index in [2.05, 4.69) is 0 Å². The van der Waals surface area contributed by atoms with Crippen molar-refractivity contribution in [3.63, 3.8) is 0 Å². The molecule has 0 fully saturated rings. The van der Waals surface area contributed by atoms with E-state index in [-0.39, 0.29) is 11.5 Å². The third-order valence-corrected chi connectivity index (χ3v) is 2.24. The second kappa shape index (κ2) is 3.65. The number of benzene rings is 1. The third kappa shape index (κ3) is 2.29. The van der Waals surface area contributed by atoms with Crippen molar-refractivity contribution in [2.24, 2.45) is 11.1 Å². The number of hydrogen-bond donors (Lipinski definition) is 1. The molecule has 2 N–H and O–H groups in total. The van der Waals surface area contributed by atoms with Crippen LogP contribution in [0.2, 0.25) is 0 Å². The molecular weight excluding hydrogens is 184 g/mol. The number of hydrogen-bond acceptors (Lipinski definition) is 1. The Morgan fingerprint density at radius 3 is 2.14 bits per heavy atom. The summed E-state index contributed by atoms with van der Waals surface area (Å²) in [6, 6.07) is 3.49. The van der Waals surface area contributed by atoms with Crippen molar-refractivity contribution in [3.05, 3.63) is 35.4 Å². The van der Waals surface area contributed by atoms with Crippen molar-refractivity contribution in [1.82, 2.24) is 0 Å². The van der Waals surface area contributed by atoms with Crippen molar-refractivity contribution < 1.29 is 8.78 Å². The van der Waals surface area contributed by atoms with Gasteiger partial charge >= 0.3 is 0 Å². The van der Waals surface area contributed by atoms with Crippen molar-refractivity contribution in [2.75, 3.05) is 0 Å². The summed E-state index contributed by atoms with van der Waals surface area (Å²) in [6.07, 6.45) is 0. The predicted molar refractivity (Wildman–Crippen MR) is 52.7 cm³/mol. The highest BCUT2D eigenvalue weighted by molar-refractivity contribution is 5.22. The Hall–Kier alpha value is -0.960. The van der Waals surface area contributed by atoms with Crippen molar-refractivity contribution in [3.8, 4) is 0 Å². The smallest absolute Gasteiger partial charge is 0.159 e. The average Bonchev–Trinajstić information content (AvgIpc) is 2.07. The zero-order chi connectivity index (χ0) is 10.9. The van der Waals surface area contributed by atoms with Crippen LogP contribution in [-0.2, 0) is 0 Å². The van der Waals surface area contributed by atoms with Gasteiger partial charge in [0.15, 0.2) is 11.6 Å². The van der Waals surface area contributed by atoms with Gasteiger partial charge in [-0.1, -0.05) is 26.8 Å². The molecule has 0 spiro atoms. The van der Waals surface area contributed by atoms with Gasteiger partial charge in [0.25, 0.3) is 0 Å². The van der Waals surface area contributed by atoms with Crippen LogP contribution in [0.15, 0.2) is 18.2 Å². The van der Waals surface area contributed by atoms with Crippen molar-refractivity contribution in [1.29, 1.82) is 0 Å². The van der Waals surface area contributed by atoms with E-state index in [9.17, 15) is 8.78 Å². The van der Waals surface area contributed by atoms with Crippen LogP contribution in [0.4, 0.5) is 8.78 Å². The summed E-state index contributed by atoms with van der Waals surface area (Å²) >= 11 is 0. The number of halogens is 2. The molecule has 0 amide bonds. The molecule has 0 radical (unpaired) electrons. The molecule has 0 unspecified atom stereocenters. The minimum absolute atomic E-state index is 0.162. The highest BCUT2D eigenvalue weighted by Gasteiger charge is 2.22. The highest BCUT2D eigenvalue weighted by atomic mass is 19.2. The zero-order valence-corrected chi connectivity index (χ0v) is 8.64. The molecule has 0 saturated heterocycles. The van der Waals surface area contributed by atoms with Gasteiger partial charge in [0.2, 0.25) is 0 Å². The van der Waals surface area contributed by atoms with Crippen LogP contribution in [0.5, 0.6) is 0 Å². The molecule has 1 aromatic carbocycles. The van der Waals surface area contributed by atoms with Gasteiger partial charge in [-0.2, -0.15) is 0 Å². The minimum Gasteiger partial charge on any atom is -0.324 e. The summed E-state index contributed by atoms with van der Waals surface area (Å²) in [6.45, 7) is 5.87. The molecule has 1 rings (SSSR count). The molecule has 0 bridgehead atoms. The number of nitrogens with two attached hydrogens (primary N) is 1. The van der Waals surface area contributed by atoms with Gasteiger partial charge in [-0.15, -0.1) is 0 Å². The first-order chi connectivity index (χ1) is 6.32. The lowest BCUT2D eigenvalue weighted by Crippen LogP contribution is -2.26. The Kier molecular flexibility index (Phi) is 2.90. The fraction of sp³-hybridized carbons (Fsp3) is 0.455. The van der Waals surface area contributed by atoms with E-state index < -0.39 is 11.6 Å². The maximum Gasteiger partial charge on any atom is 0.159 e. The quantitative estimate of drug-likeness (QED) is 0.739. The fourth-order valence-electron chi connectivity index (χ4n) is 1.21. The molecule has 0 heterocycles. The van der Waals surface area contributed by atoms with E-state index in [0.717, 1.165) is 12.1 Å². The van der Waals surface area contributed by atoms with E-state index in [0.29, 0.717) is 5.56 Å². The van der Waals surface area contributed by atoms with Crippen LogP contribution < -0.4 is 5.73 Å². The van der Waals surface area contributed by atoms with Crippen LogP contribution in [0, 0.1) is 17.0 Å². The van der Waals surface area contributed by atoms with E-state index in [1.54, 1.807) is 0 Å². The summed E-state index contributed by atoms with van der Waals surface area (Å²) in [5.41, 5.74) is 6.36. The van der Waals surface area contributed by atoms with Crippen LogP contribution >= 0.6 is 0 Å². The van der Waals surface area contributed by atoms with Gasteiger partial charge in [0.1, 0.15) is 0 Å². The lowest BCUT2D eigenvalue weighted by atomic mass is 9.83. The van der Waals surface area contributed by atoms with E-state index in [1.807, 2.05) is 20.8 Å². The molecule has 78 valence electrons. The SMILES string of the molecule is CC(C)(C)[C@@H](N)c1ccc(F)c(F)c1. The topological polar surface area (TPSA) is 26.0 Å². The molecule has 0 aromatic heterocycles. The molecule has 0 aliphatic heterocycles. The summed E-state index contributed by atoms with van der Waals surface area (Å²) in [5.74, 6) is -1.68. The van der Waals surface area contributed by atoms with Gasteiger partial charge in [-0.3, -0.25) is 0 Å². The molecule has 0 aliphatic carbocycles. The summed E-state index contributed by atoms with van der Waals surface area (Å²) in [7, 11) is 0. The average molecular weight is 199 g/mol. The van der Waals surface area contributed by atoms with Gasteiger partial charge in [-0.05, 0) is 23.1 Å². The Balaban J connectivity index is 3.03. The van der Waals surface area contributed by atoms with Crippen LogP contribution in [-0.4, -0.2) is 0 Å². The van der Waals surface area contributed by atoms with Crippen molar-refractivity contribution >= 4 is 0 Å². The standard InChI is InChI=1S/C11H15F2N/c1-11(2,3)10(14)7-4-5-8(12)9(13)6-7/h4-6,10H,14H2,1-3H3/t10-/m0/s1. The van der Waals surface area contributed by atoms with E-state index in [4.69, 9.17) is 5.73 Å². The monoisotopic (exact) mass is 199 g/mol. The highest BCUT2D eigenvalue weighted by Crippen LogP contribution is 2.30. The van der Waals surface area contributed by atoms with Gasteiger partial charge in [0, 0.05) is 6.04 Å². The maximum absolute atomic E-state index is 12.9. The Morgan fingerprint density at radius 1 is 1.14 bits per heavy atom. The van der Waals surface area contributed by atoms with Crippen LogP contribution in [0.3, 0.4) is 0 Å². The zero-order valence-electron chi connectivity index (χ0n) is 8.64. The summed E-state index contributed by atoms with van der Waals surface area (Å²) < 4.78 is 25.5. The van der Waals surface area contributed by atoms with Gasteiger partial charge in [-0.25, -0.2) is 8.78 Å². The molecule has 0 aliphatic rings. The molecule has 3 heteroatoms. The molecule has 1 aromatic rings. The van der Waals surface area contributed by atoms with Gasteiger partial charge in [0.05, 0.1) is 0 Å². The third-order valence-electron chi connectivity index (χ3n) is 2.24.